The summed E-state index contributed by atoms with van der Waals surface area (Å²) in [6.07, 6.45) is 2.35. The van der Waals surface area contributed by atoms with Crippen LogP contribution in [0.15, 0.2) is 18.2 Å². The van der Waals surface area contributed by atoms with Crippen molar-refractivity contribution < 1.29 is 19.1 Å². The summed E-state index contributed by atoms with van der Waals surface area (Å²) in [5, 5.41) is 2.89. The molecule has 2 rings (SSSR count). The van der Waals surface area contributed by atoms with Gasteiger partial charge in [-0.3, -0.25) is 9.59 Å². The van der Waals surface area contributed by atoms with E-state index >= 15 is 0 Å². The van der Waals surface area contributed by atoms with E-state index in [-0.39, 0.29) is 11.8 Å². The van der Waals surface area contributed by atoms with Crippen LogP contribution in [-0.2, 0) is 4.79 Å². The Kier molecular flexibility index (Phi) is 6.90. The minimum Gasteiger partial charge on any atom is -0.490 e. The smallest absolute Gasteiger partial charge is 0.251 e. The standard InChI is InChI=1S/C18H26N2O4/c1-3-23-15-9-8-14(13-16(15)24-4-2)18(22)19-10-6-12-20-11-5-7-17(20)21/h8-9,13H,3-7,10-12H2,1-2H3,(H,19,22). The molecule has 1 heterocycles. The molecule has 0 atom stereocenters. The van der Waals surface area contributed by atoms with Crippen LogP contribution in [0, 0.1) is 0 Å². The third kappa shape index (κ3) is 4.88. The van der Waals surface area contributed by atoms with Crippen molar-refractivity contribution in [1.29, 1.82) is 0 Å². The first-order valence-corrected chi connectivity index (χ1v) is 8.61. The van der Waals surface area contributed by atoms with Gasteiger partial charge in [0.2, 0.25) is 5.91 Å². The predicted molar refractivity (Wildman–Crippen MR) is 91.5 cm³/mol. The topological polar surface area (TPSA) is 67.9 Å². The van der Waals surface area contributed by atoms with Gasteiger partial charge in [0.25, 0.3) is 5.91 Å². The molecule has 1 aromatic rings. The van der Waals surface area contributed by atoms with E-state index in [1.807, 2.05) is 18.7 Å². The fraction of sp³-hybridized carbons (Fsp3) is 0.556. The Hall–Kier alpha value is -2.24. The van der Waals surface area contributed by atoms with Crippen LogP contribution in [0.5, 0.6) is 11.5 Å². The highest BCUT2D eigenvalue weighted by Crippen LogP contribution is 2.28. The van der Waals surface area contributed by atoms with Crippen molar-refractivity contribution in [2.45, 2.75) is 33.1 Å². The van der Waals surface area contributed by atoms with Crippen molar-refractivity contribution in [3.63, 3.8) is 0 Å². The highest BCUT2D eigenvalue weighted by Gasteiger charge is 2.19. The van der Waals surface area contributed by atoms with Crippen LogP contribution in [0.4, 0.5) is 0 Å². The van der Waals surface area contributed by atoms with Crippen LogP contribution in [0.1, 0.15) is 43.5 Å². The molecular formula is C18H26N2O4. The van der Waals surface area contributed by atoms with Gasteiger partial charge in [-0.25, -0.2) is 0 Å². The normalized spacial score (nSPS) is 13.9. The van der Waals surface area contributed by atoms with Gasteiger partial charge in [0.1, 0.15) is 0 Å². The van der Waals surface area contributed by atoms with Crippen molar-refractivity contribution in [3.8, 4) is 11.5 Å². The van der Waals surface area contributed by atoms with Crippen LogP contribution in [-0.4, -0.2) is 49.6 Å². The zero-order valence-electron chi connectivity index (χ0n) is 14.5. The highest BCUT2D eigenvalue weighted by atomic mass is 16.5. The molecule has 1 aliphatic heterocycles. The second kappa shape index (κ2) is 9.15. The van der Waals surface area contributed by atoms with Gasteiger partial charge >= 0.3 is 0 Å². The maximum Gasteiger partial charge on any atom is 0.251 e. The van der Waals surface area contributed by atoms with Crippen LogP contribution >= 0.6 is 0 Å². The molecule has 1 aliphatic rings. The fourth-order valence-electron chi connectivity index (χ4n) is 2.71. The fourth-order valence-corrected chi connectivity index (χ4v) is 2.71. The third-order valence-electron chi connectivity index (χ3n) is 3.87. The molecule has 6 heteroatoms. The van der Waals surface area contributed by atoms with Gasteiger partial charge in [-0.1, -0.05) is 0 Å². The Morgan fingerprint density at radius 1 is 1.21 bits per heavy atom. The number of benzene rings is 1. The van der Waals surface area contributed by atoms with Crippen LogP contribution in [0.3, 0.4) is 0 Å². The molecule has 1 saturated heterocycles. The molecule has 0 aliphatic carbocycles. The Balaban J connectivity index is 1.84. The number of carbonyl (C=O) groups excluding carboxylic acids is 2. The molecule has 24 heavy (non-hydrogen) atoms. The second-order valence-corrected chi connectivity index (χ2v) is 5.62. The number of nitrogens with one attached hydrogen (secondary N) is 1. The molecular weight excluding hydrogens is 308 g/mol. The summed E-state index contributed by atoms with van der Waals surface area (Å²) in [6.45, 7) is 6.93. The van der Waals surface area contributed by atoms with Crippen LogP contribution in [0.25, 0.3) is 0 Å². The minimum atomic E-state index is -0.147. The molecule has 0 bridgehead atoms. The van der Waals surface area contributed by atoms with Crippen molar-refractivity contribution in [2.24, 2.45) is 0 Å². The second-order valence-electron chi connectivity index (χ2n) is 5.62. The molecule has 2 amide bonds. The zero-order chi connectivity index (χ0) is 17.4. The summed E-state index contributed by atoms with van der Waals surface area (Å²) in [6, 6.07) is 5.19. The van der Waals surface area contributed by atoms with E-state index in [1.165, 1.54) is 0 Å². The average molecular weight is 334 g/mol. The summed E-state index contributed by atoms with van der Waals surface area (Å²) >= 11 is 0. The Bertz CT molecular complexity index is 574. The number of hydrogen-bond donors (Lipinski definition) is 1. The molecule has 1 aromatic carbocycles. The van der Waals surface area contributed by atoms with E-state index in [0.29, 0.717) is 49.8 Å². The molecule has 1 N–H and O–H groups in total. The van der Waals surface area contributed by atoms with Gasteiger partial charge in [-0.2, -0.15) is 0 Å². The third-order valence-corrected chi connectivity index (χ3v) is 3.87. The molecule has 132 valence electrons. The Morgan fingerprint density at radius 2 is 1.96 bits per heavy atom. The maximum absolute atomic E-state index is 12.2. The lowest BCUT2D eigenvalue weighted by atomic mass is 10.2. The molecule has 0 radical (unpaired) electrons. The highest BCUT2D eigenvalue weighted by molar-refractivity contribution is 5.94. The summed E-state index contributed by atoms with van der Waals surface area (Å²) in [4.78, 5) is 25.6. The molecule has 0 saturated carbocycles. The SMILES string of the molecule is CCOc1ccc(C(=O)NCCCN2CCCC2=O)cc1OCC. The number of carbonyl (C=O) groups is 2. The maximum atomic E-state index is 12.2. The van der Waals surface area contributed by atoms with Crippen molar-refractivity contribution in [2.75, 3.05) is 32.8 Å². The van der Waals surface area contributed by atoms with E-state index in [0.717, 1.165) is 19.4 Å². The van der Waals surface area contributed by atoms with Crippen molar-refractivity contribution in [3.05, 3.63) is 23.8 Å². The van der Waals surface area contributed by atoms with E-state index in [9.17, 15) is 9.59 Å². The molecule has 6 nitrogen and oxygen atoms in total. The predicted octanol–water partition coefficient (Wildman–Crippen LogP) is 2.23. The van der Waals surface area contributed by atoms with Crippen molar-refractivity contribution in [1.82, 2.24) is 10.2 Å². The van der Waals surface area contributed by atoms with E-state index < -0.39 is 0 Å². The number of ether oxygens (including phenoxy) is 2. The lowest BCUT2D eigenvalue weighted by Gasteiger charge is -2.15. The van der Waals surface area contributed by atoms with Gasteiger partial charge < -0.3 is 19.7 Å². The zero-order valence-corrected chi connectivity index (χ0v) is 14.5. The minimum absolute atomic E-state index is 0.147. The van der Waals surface area contributed by atoms with Crippen molar-refractivity contribution >= 4 is 11.8 Å². The first-order chi connectivity index (χ1) is 11.7. The van der Waals surface area contributed by atoms with Gasteiger partial charge in [0, 0.05) is 31.6 Å². The van der Waals surface area contributed by atoms with Gasteiger partial charge in [0.05, 0.1) is 13.2 Å². The first kappa shape index (κ1) is 18.1. The summed E-state index contributed by atoms with van der Waals surface area (Å²) in [5.74, 6) is 1.29. The van der Waals surface area contributed by atoms with Crippen LogP contribution < -0.4 is 14.8 Å². The largest absolute Gasteiger partial charge is 0.490 e. The average Bonchev–Trinajstić information content (AvgIpc) is 2.98. The molecule has 0 unspecified atom stereocenters. The summed E-state index contributed by atoms with van der Waals surface area (Å²) < 4.78 is 11.0. The van der Waals surface area contributed by atoms with E-state index in [4.69, 9.17) is 9.47 Å². The monoisotopic (exact) mass is 334 g/mol. The van der Waals surface area contributed by atoms with Crippen LogP contribution in [0.2, 0.25) is 0 Å². The van der Waals surface area contributed by atoms with Gasteiger partial charge in [-0.05, 0) is 44.9 Å². The van der Waals surface area contributed by atoms with E-state index in [1.54, 1.807) is 18.2 Å². The molecule has 1 fully saturated rings. The van der Waals surface area contributed by atoms with Gasteiger partial charge in [0.15, 0.2) is 11.5 Å². The number of nitrogens with zero attached hydrogens (tertiary/aromatic N) is 1. The number of rotatable bonds is 9. The lowest BCUT2D eigenvalue weighted by Crippen LogP contribution is -2.30. The summed E-state index contributed by atoms with van der Waals surface area (Å²) in [5.41, 5.74) is 0.541. The number of likely N-dealkylation sites (tertiary alicyclic amines) is 1. The van der Waals surface area contributed by atoms with Gasteiger partial charge in [-0.15, -0.1) is 0 Å². The number of hydrogen-bond acceptors (Lipinski definition) is 4. The molecule has 0 aromatic heterocycles. The Labute approximate surface area is 143 Å². The molecule has 0 spiro atoms. The Morgan fingerprint density at radius 3 is 2.62 bits per heavy atom. The summed E-state index contributed by atoms with van der Waals surface area (Å²) in [7, 11) is 0. The van der Waals surface area contributed by atoms with E-state index in [2.05, 4.69) is 5.32 Å². The first-order valence-electron chi connectivity index (χ1n) is 8.61. The quantitative estimate of drug-likeness (QED) is 0.703. The lowest BCUT2D eigenvalue weighted by molar-refractivity contribution is -0.127. The number of amides is 2.